The van der Waals surface area contributed by atoms with Gasteiger partial charge in [-0.2, -0.15) is 0 Å². The zero-order valence-electron chi connectivity index (χ0n) is 12.8. The second-order valence-corrected chi connectivity index (χ2v) is 6.19. The lowest BCUT2D eigenvalue weighted by molar-refractivity contribution is 0.0262. The van der Waals surface area contributed by atoms with Crippen LogP contribution in [0.25, 0.3) is 10.2 Å². The van der Waals surface area contributed by atoms with Crippen LogP contribution in [0.3, 0.4) is 0 Å². The van der Waals surface area contributed by atoms with Gasteiger partial charge in [0.15, 0.2) is 11.3 Å². The molecule has 0 amide bonds. The summed E-state index contributed by atoms with van der Waals surface area (Å²) in [6, 6.07) is 1.69. The third-order valence-corrected chi connectivity index (χ3v) is 4.58. The van der Waals surface area contributed by atoms with Crippen LogP contribution in [0, 0.1) is 0 Å². The van der Waals surface area contributed by atoms with Gasteiger partial charge >= 0.3 is 5.97 Å². The molecule has 2 aromatic heterocycles. The summed E-state index contributed by atoms with van der Waals surface area (Å²) in [6.45, 7) is 4.05. The molecule has 2 rings (SSSR count). The molecule has 0 aromatic carbocycles. The predicted molar refractivity (Wildman–Crippen MR) is 87.7 cm³/mol. The van der Waals surface area contributed by atoms with Gasteiger partial charge in [-0.1, -0.05) is 26.7 Å². The number of unbranched alkanes of at least 4 members (excludes halogenated alkanes) is 2. The first-order valence-corrected chi connectivity index (χ1v) is 8.49. The number of aromatic nitrogens is 1. The summed E-state index contributed by atoms with van der Waals surface area (Å²) in [5, 5.41) is 11.9. The smallest absolute Gasteiger partial charge is 0.347 e. The van der Waals surface area contributed by atoms with Gasteiger partial charge in [-0.15, -0.1) is 11.3 Å². The highest BCUT2D eigenvalue weighted by Gasteiger charge is 2.23. The fourth-order valence-corrected chi connectivity index (χ4v) is 3.16. The minimum Gasteiger partial charge on any atom is -0.505 e. The molecule has 22 heavy (non-hydrogen) atoms. The number of rotatable bonds is 7. The lowest BCUT2D eigenvalue weighted by Gasteiger charge is -2.16. The summed E-state index contributed by atoms with van der Waals surface area (Å²) in [4.78, 5) is 26.9. The van der Waals surface area contributed by atoms with E-state index in [4.69, 9.17) is 4.74 Å². The first-order valence-electron chi connectivity index (χ1n) is 7.61. The Morgan fingerprint density at radius 2 is 2.18 bits per heavy atom. The average molecular weight is 323 g/mol. The van der Waals surface area contributed by atoms with E-state index in [1.165, 1.54) is 11.3 Å². The van der Waals surface area contributed by atoms with Crippen LogP contribution in [-0.4, -0.2) is 22.2 Å². The molecule has 120 valence electrons. The number of esters is 1. The first-order chi connectivity index (χ1) is 10.6. The molecule has 5 nitrogen and oxygen atoms in total. The van der Waals surface area contributed by atoms with Crippen molar-refractivity contribution in [2.24, 2.45) is 0 Å². The largest absolute Gasteiger partial charge is 0.505 e. The molecule has 6 heteroatoms. The summed E-state index contributed by atoms with van der Waals surface area (Å²) in [5.74, 6) is -1.04. The average Bonchev–Trinajstić information content (AvgIpc) is 2.94. The SMILES string of the molecule is CCCCCC(CC)OC(=O)c1c(O)c2sccc2[nH]c1=O. The number of aromatic amines is 1. The Morgan fingerprint density at radius 3 is 2.86 bits per heavy atom. The van der Waals surface area contributed by atoms with Crippen molar-refractivity contribution in [2.45, 2.75) is 52.1 Å². The number of hydrogen-bond donors (Lipinski definition) is 2. The Balaban J connectivity index is 2.20. The number of nitrogens with one attached hydrogen (secondary N) is 1. The third-order valence-electron chi connectivity index (χ3n) is 3.66. The first kappa shape index (κ1) is 16.5. The summed E-state index contributed by atoms with van der Waals surface area (Å²) in [7, 11) is 0. The Morgan fingerprint density at radius 1 is 1.41 bits per heavy atom. The normalized spacial score (nSPS) is 12.5. The van der Waals surface area contributed by atoms with E-state index >= 15 is 0 Å². The molecule has 0 bridgehead atoms. The summed E-state index contributed by atoms with van der Waals surface area (Å²) in [6.07, 6.45) is 4.40. The van der Waals surface area contributed by atoms with Crippen molar-refractivity contribution in [3.8, 4) is 5.75 Å². The predicted octanol–water partition coefficient (Wildman–Crippen LogP) is 3.81. The van der Waals surface area contributed by atoms with Crippen LogP contribution in [0.15, 0.2) is 16.2 Å². The van der Waals surface area contributed by atoms with Crippen molar-refractivity contribution in [2.75, 3.05) is 0 Å². The summed E-state index contributed by atoms with van der Waals surface area (Å²) < 4.78 is 5.90. The van der Waals surface area contributed by atoms with E-state index in [0.717, 1.165) is 25.7 Å². The highest BCUT2D eigenvalue weighted by atomic mass is 32.1. The summed E-state index contributed by atoms with van der Waals surface area (Å²) in [5.41, 5.74) is -0.389. The van der Waals surface area contributed by atoms with Crippen molar-refractivity contribution in [1.29, 1.82) is 0 Å². The van der Waals surface area contributed by atoms with E-state index in [1.807, 2.05) is 6.92 Å². The van der Waals surface area contributed by atoms with Gasteiger partial charge in [0.05, 0.1) is 10.2 Å². The minimum atomic E-state index is -0.752. The lowest BCUT2D eigenvalue weighted by atomic mass is 10.1. The van der Waals surface area contributed by atoms with E-state index in [1.54, 1.807) is 11.4 Å². The van der Waals surface area contributed by atoms with Crippen LogP contribution in [0.4, 0.5) is 0 Å². The molecular weight excluding hydrogens is 302 g/mol. The standard InChI is InChI=1S/C16H21NO4S/c1-3-5-6-7-10(4-2)21-16(20)12-13(18)14-11(8-9-22-14)17-15(12)19/h8-10H,3-7H2,1-2H3,(H2,17,18,19). The van der Waals surface area contributed by atoms with E-state index in [9.17, 15) is 14.7 Å². The number of fused-ring (bicyclic) bond motifs is 1. The second kappa shape index (κ2) is 7.45. The fraction of sp³-hybridized carbons (Fsp3) is 0.500. The quantitative estimate of drug-likeness (QED) is 0.600. The Kier molecular flexibility index (Phi) is 5.60. The lowest BCUT2D eigenvalue weighted by Crippen LogP contribution is -2.24. The van der Waals surface area contributed by atoms with E-state index < -0.39 is 11.5 Å². The van der Waals surface area contributed by atoms with Crippen LogP contribution >= 0.6 is 11.3 Å². The molecule has 2 heterocycles. The minimum absolute atomic E-state index is 0.225. The Labute approximate surface area is 132 Å². The zero-order valence-corrected chi connectivity index (χ0v) is 13.7. The topological polar surface area (TPSA) is 79.4 Å². The van der Waals surface area contributed by atoms with Crippen LogP contribution in [0.1, 0.15) is 56.3 Å². The van der Waals surface area contributed by atoms with E-state index in [-0.39, 0.29) is 17.4 Å². The molecule has 1 atom stereocenters. The molecule has 0 aliphatic heterocycles. The number of ether oxygens (including phenoxy) is 1. The van der Waals surface area contributed by atoms with Crippen molar-refractivity contribution in [3.63, 3.8) is 0 Å². The van der Waals surface area contributed by atoms with Crippen LogP contribution < -0.4 is 5.56 Å². The third kappa shape index (κ3) is 3.50. The Bertz CT molecular complexity index is 704. The molecule has 0 aliphatic carbocycles. The van der Waals surface area contributed by atoms with Gasteiger partial charge in [-0.05, 0) is 30.7 Å². The number of carbonyl (C=O) groups is 1. The molecule has 0 fully saturated rings. The molecule has 2 N–H and O–H groups in total. The van der Waals surface area contributed by atoms with Crippen molar-refractivity contribution in [3.05, 3.63) is 27.4 Å². The monoisotopic (exact) mass is 323 g/mol. The molecule has 1 unspecified atom stereocenters. The molecule has 0 spiro atoms. The van der Waals surface area contributed by atoms with Crippen molar-refractivity contribution < 1.29 is 14.6 Å². The van der Waals surface area contributed by atoms with Crippen molar-refractivity contribution >= 4 is 27.5 Å². The zero-order chi connectivity index (χ0) is 16.1. The highest BCUT2D eigenvalue weighted by molar-refractivity contribution is 7.17. The van der Waals surface area contributed by atoms with Crippen LogP contribution in [-0.2, 0) is 4.74 Å². The number of H-pyrrole nitrogens is 1. The fourth-order valence-electron chi connectivity index (χ4n) is 2.37. The number of pyridine rings is 1. The second-order valence-electron chi connectivity index (χ2n) is 5.27. The molecule has 0 radical (unpaired) electrons. The van der Waals surface area contributed by atoms with Gasteiger partial charge in [-0.3, -0.25) is 4.79 Å². The molecule has 2 aromatic rings. The maximum Gasteiger partial charge on any atom is 0.347 e. The van der Waals surface area contributed by atoms with Gasteiger partial charge < -0.3 is 14.8 Å². The van der Waals surface area contributed by atoms with E-state index in [2.05, 4.69) is 11.9 Å². The van der Waals surface area contributed by atoms with Crippen molar-refractivity contribution in [1.82, 2.24) is 4.98 Å². The molecule has 0 saturated heterocycles. The molecular formula is C16H21NO4S. The molecule has 0 saturated carbocycles. The Hall–Kier alpha value is -1.82. The van der Waals surface area contributed by atoms with Crippen LogP contribution in [0.2, 0.25) is 0 Å². The van der Waals surface area contributed by atoms with Gasteiger partial charge in [0.25, 0.3) is 5.56 Å². The van der Waals surface area contributed by atoms with Gasteiger partial charge in [-0.25, -0.2) is 4.79 Å². The van der Waals surface area contributed by atoms with Crippen LogP contribution in [0.5, 0.6) is 5.75 Å². The van der Waals surface area contributed by atoms with Gasteiger partial charge in [0.2, 0.25) is 0 Å². The highest BCUT2D eigenvalue weighted by Crippen LogP contribution is 2.30. The number of carbonyl (C=O) groups excluding carboxylic acids is 1. The summed E-state index contributed by atoms with van der Waals surface area (Å²) >= 11 is 1.27. The maximum atomic E-state index is 12.3. The number of thiophene rings is 1. The molecule has 0 aliphatic rings. The van der Waals surface area contributed by atoms with Gasteiger partial charge in [0, 0.05) is 0 Å². The maximum absolute atomic E-state index is 12.3. The van der Waals surface area contributed by atoms with Gasteiger partial charge in [0.1, 0.15) is 6.10 Å². The number of aromatic hydroxyl groups is 1. The van der Waals surface area contributed by atoms with E-state index in [0.29, 0.717) is 16.6 Å². The number of hydrogen-bond acceptors (Lipinski definition) is 5.